The average Bonchev–Trinajstić information content (AvgIpc) is 2.67. The second-order valence-electron chi connectivity index (χ2n) is 6.95. The minimum absolute atomic E-state index is 0.0170. The van der Waals surface area contributed by atoms with Crippen LogP contribution in [0.3, 0.4) is 0 Å². The van der Waals surface area contributed by atoms with Crippen LogP contribution in [-0.2, 0) is 11.3 Å². The fraction of sp³-hybridized carbons (Fsp3) is 0.667. The summed E-state index contributed by atoms with van der Waals surface area (Å²) in [6.07, 6.45) is 4.02. The second-order valence-corrected chi connectivity index (χ2v) is 6.95. The fourth-order valence-electron chi connectivity index (χ4n) is 3.47. The lowest BCUT2D eigenvalue weighted by Gasteiger charge is -2.36. The maximum atomic E-state index is 12.6. The van der Waals surface area contributed by atoms with Crippen LogP contribution >= 0.6 is 0 Å². The molecule has 7 nitrogen and oxygen atoms in total. The molecule has 7 heteroatoms. The Balaban J connectivity index is 1.59. The molecule has 2 saturated heterocycles. The Bertz CT molecular complexity index is 574. The first-order valence-electron chi connectivity index (χ1n) is 9.11. The Morgan fingerprint density at radius 3 is 2.92 bits per heavy atom. The number of ether oxygens (including phenoxy) is 1. The third-order valence-corrected chi connectivity index (χ3v) is 5.02. The van der Waals surface area contributed by atoms with Gasteiger partial charge in [-0.2, -0.15) is 0 Å². The Kier molecular flexibility index (Phi) is 6.09. The topological polar surface area (TPSA) is 60.9 Å². The molecule has 1 N–H and O–H groups in total. The summed E-state index contributed by atoms with van der Waals surface area (Å²) < 4.78 is 5.42. The van der Waals surface area contributed by atoms with Gasteiger partial charge in [0.15, 0.2) is 0 Å². The van der Waals surface area contributed by atoms with Crippen molar-refractivity contribution in [1.29, 1.82) is 0 Å². The number of likely N-dealkylation sites (N-methyl/N-ethyl adjacent to an activating group) is 1. The highest BCUT2D eigenvalue weighted by Crippen LogP contribution is 2.19. The molecule has 25 heavy (non-hydrogen) atoms. The van der Waals surface area contributed by atoms with Crippen LogP contribution in [0.25, 0.3) is 0 Å². The molecular formula is C18H29N5O2. The van der Waals surface area contributed by atoms with Crippen LogP contribution in [0.15, 0.2) is 18.3 Å². The first-order chi connectivity index (χ1) is 12.1. The molecule has 0 saturated carbocycles. The molecule has 2 fully saturated rings. The van der Waals surface area contributed by atoms with Crippen molar-refractivity contribution in [2.45, 2.75) is 25.4 Å². The normalized spacial score (nSPS) is 21.5. The van der Waals surface area contributed by atoms with Crippen LogP contribution in [0.1, 0.15) is 18.4 Å². The van der Waals surface area contributed by atoms with Crippen LogP contribution in [0.5, 0.6) is 0 Å². The number of likely N-dealkylation sites (tertiary alicyclic amines) is 1. The van der Waals surface area contributed by atoms with E-state index in [0.29, 0.717) is 12.6 Å². The molecule has 2 amide bonds. The van der Waals surface area contributed by atoms with Crippen molar-refractivity contribution < 1.29 is 9.53 Å². The third-order valence-electron chi connectivity index (χ3n) is 5.02. The molecular weight excluding hydrogens is 318 g/mol. The number of aromatic nitrogens is 1. The summed E-state index contributed by atoms with van der Waals surface area (Å²) in [7, 11) is 4.16. The van der Waals surface area contributed by atoms with Gasteiger partial charge in [0.05, 0.1) is 13.2 Å². The van der Waals surface area contributed by atoms with Gasteiger partial charge in [0.25, 0.3) is 0 Å². The quantitative estimate of drug-likeness (QED) is 0.885. The summed E-state index contributed by atoms with van der Waals surface area (Å²) >= 11 is 0. The predicted octanol–water partition coefficient (Wildman–Crippen LogP) is 1.15. The molecule has 2 aliphatic rings. The van der Waals surface area contributed by atoms with Crippen molar-refractivity contribution in [3.63, 3.8) is 0 Å². The highest BCUT2D eigenvalue weighted by atomic mass is 16.5. The van der Waals surface area contributed by atoms with E-state index in [4.69, 9.17) is 4.74 Å². The third kappa shape index (κ3) is 4.61. The van der Waals surface area contributed by atoms with E-state index >= 15 is 0 Å². The number of rotatable bonds is 4. The van der Waals surface area contributed by atoms with Gasteiger partial charge < -0.3 is 24.8 Å². The first-order valence-corrected chi connectivity index (χ1v) is 9.11. The van der Waals surface area contributed by atoms with Crippen molar-refractivity contribution in [2.24, 2.45) is 0 Å². The van der Waals surface area contributed by atoms with Crippen LogP contribution in [0.4, 0.5) is 10.6 Å². The Hall–Kier alpha value is -1.86. The Morgan fingerprint density at radius 1 is 1.36 bits per heavy atom. The summed E-state index contributed by atoms with van der Waals surface area (Å²) in [4.78, 5) is 23.5. The first kappa shape index (κ1) is 17.9. The number of amides is 2. The summed E-state index contributed by atoms with van der Waals surface area (Å²) in [6, 6.07) is 4.43. The number of morpholine rings is 1. The highest BCUT2D eigenvalue weighted by Gasteiger charge is 2.25. The zero-order valence-electron chi connectivity index (χ0n) is 15.3. The minimum atomic E-state index is 0.0170. The van der Waals surface area contributed by atoms with Crippen LogP contribution in [0.2, 0.25) is 0 Å². The van der Waals surface area contributed by atoms with Crippen molar-refractivity contribution >= 4 is 11.8 Å². The van der Waals surface area contributed by atoms with E-state index in [1.165, 1.54) is 0 Å². The van der Waals surface area contributed by atoms with Gasteiger partial charge in [0, 0.05) is 50.5 Å². The van der Waals surface area contributed by atoms with Gasteiger partial charge in [0.2, 0.25) is 0 Å². The van der Waals surface area contributed by atoms with Gasteiger partial charge in [-0.3, -0.25) is 0 Å². The number of piperidine rings is 1. The molecule has 1 unspecified atom stereocenters. The molecule has 1 aromatic heterocycles. The Labute approximate surface area is 149 Å². The molecule has 0 spiro atoms. The van der Waals surface area contributed by atoms with E-state index in [0.717, 1.165) is 63.6 Å². The lowest BCUT2D eigenvalue weighted by molar-refractivity contribution is 0.122. The zero-order valence-corrected chi connectivity index (χ0v) is 15.3. The van der Waals surface area contributed by atoms with Crippen LogP contribution in [-0.4, -0.2) is 80.3 Å². The molecule has 0 aromatic carbocycles. The van der Waals surface area contributed by atoms with Gasteiger partial charge in [-0.15, -0.1) is 0 Å². The number of carbonyl (C=O) groups is 1. The fourth-order valence-corrected chi connectivity index (χ4v) is 3.47. The molecule has 0 aliphatic carbocycles. The number of hydrogen-bond donors (Lipinski definition) is 1. The molecule has 1 atom stereocenters. The van der Waals surface area contributed by atoms with E-state index in [9.17, 15) is 4.79 Å². The SMILES string of the molecule is CN(C)C1CCCN(C(=O)NCc2cccnc2N2CCOCC2)C1. The number of nitrogens with one attached hydrogen (secondary N) is 1. The predicted molar refractivity (Wildman–Crippen MR) is 97.8 cm³/mol. The number of anilines is 1. The monoisotopic (exact) mass is 347 g/mol. The Morgan fingerprint density at radius 2 is 2.16 bits per heavy atom. The molecule has 0 radical (unpaired) electrons. The molecule has 3 heterocycles. The van der Waals surface area contributed by atoms with Crippen molar-refractivity contribution in [1.82, 2.24) is 20.1 Å². The van der Waals surface area contributed by atoms with Crippen molar-refractivity contribution in [3.05, 3.63) is 23.9 Å². The summed E-state index contributed by atoms with van der Waals surface area (Å²) in [6.45, 7) is 5.26. The van der Waals surface area contributed by atoms with Gasteiger partial charge >= 0.3 is 6.03 Å². The minimum Gasteiger partial charge on any atom is -0.378 e. The number of pyridine rings is 1. The molecule has 3 rings (SSSR count). The van der Waals surface area contributed by atoms with Gasteiger partial charge in [-0.1, -0.05) is 6.07 Å². The highest BCUT2D eigenvalue weighted by molar-refractivity contribution is 5.74. The van der Waals surface area contributed by atoms with Crippen molar-refractivity contribution in [3.8, 4) is 0 Å². The van der Waals surface area contributed by atoms with E-state index in [2.05, 4.69) is 34.2 Å². The smallest absolute Gasteiger partial charge is 0.317 e. The number of carbonyl (C=O) groups excluding carboxylic acids is 1. The molecule has 1 aromatic rings. The molecule has 138 valence electrons. The number of urea groups is 1. The van der Waals surface area contributed by atoms with E-state index in [1.54, 1.807) is 0 Å². The molecule has 0 bridgehead atoms. The van der Waals surface area contributed by atoms with E-state index < -0.39 is 0 Å². The largest absolute Gasteiger partial charge is 0.378 e. The lowest BCUT2D eigenvalue weighted by atomic mass is 10.1. The van der Waals surface area contributed by atoms with Gasteiger partial charge in [-0.05, 0) is 33.0 Å². The standard InChI is InChI=1S/C18H29N5O2/c1-21(2)16-6-4-8-23(14-16)18(24)20-13-15-5-3-7-19-17(15)22-9-11-25-12-10-22/h3,5,7,16H,4,6,8-14H2,1-2H3,(H,20,24). The van der Waals surface area contributed by atoms with Gasteiger partial charge in [-0.25, -0.2) is 9.78 Å². The van der Waals surface area contributed by atoms with E-state index in [1.807, 2.05) is 23.2 Å². The van der Waals surface area contributed by atoms with E-state index in [-0.39, 0.29) is 6.03 Å². The number of nitrogens with zero attached hydrogens (tertiary/aromatic N) is 4. The number of hydrogen-bond acceptors (Lipinski definition) is 5. The maximum absolute atomic E-state index is 12.6. The van der Waals surface area contributed by atoms with Crippen LogP contribution in [0, 0.1) is 0 Å². The van der Waals surface area contributed by atoms with Crippen molar-refractivity contribution in [2.75, 3.05) is 58.4 Å². The summed E-state index contributed by atoms with van der Waals surface area (Å²) in [5.74, 6) is 0.955. The van der Waals surface area contributed by atoms with Crippen LogP contribution < -0.4 is 10.2 Å². The second kappa shape index (κ2) is 8.49. The zero-order chi connectivity index (χ0) is 17.6. The molecule has 2 aliphatic heterocycles. The summed E-state index contributed by atoms with van der Waals surface area (Å²) in [5, 5.41) is 3.08. The average molecular weight is 347 g/mol. The summed E-state index contributed by atoms with van der Waals surface area (Å²) in [5.41, 5.74) is 1.05. The lowest BCUT2D eigenvalue weighted by Crippen LogP contribution is -2.50. The maximum Gasteiger partial charge on any atom is 0.317 e. The van der Waals surface area contributed by atoms with Gasteiger partial charge in [0.1, 0.15) is 5.82 Å².